The normalized spacial score (nSPS) is 10.5. The van der Waals surface area contributed by atoms with Crippen LogP contribution in [0.25, 0.3) is 0 Å². The van der Waals surface area contributed by atoms with Crippen molar-refractivity contribution in [2.24, 2.45) is 5.73 Å². The molecular formula is C13H15N5O3S2. The monoisotopic (exact) mass is 353 g/mol. The fourth-order valence-corrected chi connectivity index (χ4v) is 3.49. The summed E-state index contributed by atoms with van der Waals surface area (Å²) in [5, 5.41) is 23.0. The van der Waals surface area contributed by atoms with E-state index in [4.69, 9.17) is 5.73 Å². The summed E-state index contributed by atoms with van der Waals surface area (Å²) < 4.78 is 0.719. The van der Waals surface area contributed by atoms with E-state index in [2.05, 4.69) is 22.4 Å². The predicted octanol–water partition coefficient (Wildman–Crippen LogP) is 2.66. The molecule has 2 rings (SSSR count). The van der Waals surface area contributed by atoms with Crippen LogP contribution in [0.5, 0.6) is 0 Å². The second-order valence-electron chi connectivity index (χ2n) is 4.55. The number of anilines is 1. The number of carbonyl (C=O) groups excluding carboxylic acids is 1. The van der Waals surface area contributed by atoms with Gasteiger partial charge in [0.2, 0.25) is 11.0 Å². The average Bonchev–Trinajstić information content (AvgIpc) is 2.98. The molecule has 0 aliphatic carbocycles. The zero-order valence-electron chi connectivity index (χ0n) is 12.3. The Hall–Kier alpha value is -2.20. The Morgan fingerprint density at radius 2 is 2.26 bits per heavy atom. The highest BCUT2D eigenvalue weighted by Crippen LogP contribution is 2.31. The molecule has 2 aromatic rings. The number of carbonyl (C=O) groups is 1. The van der Waals surface area contributed by atoms with Gasteiger partial charge in [-0.2, -0.15) is 0 Å². The molecule has 1 aromatic heterocycles. The zero-order chi connectivity index (χ0) is 16.8. The highest BCUT2D eigenvalue weighted by molar-refractivity contribution is 8.00. The molecule has 0 spiro atoms. The van der Waals surface area contributed by atoms with Gasteiger partial charge in [0.1, 0.15) is 0 Å². The van der Waals surface area contributed by atoms with Crippen molar-refractivity contribution in [2.75, 3.05) is 11.9 Å². The largest absolute Gasteiger partial charge is 0.366 e. The highest BCUT2D eigenvalue weighted by atomic mass is 32.2. The van der Waals surface area contributed by atoms with Crippen molar-refractivity contribution in [3.8, 4) is 0 Å². The molecule has 8 nitrogen and oxygen atoms in total. The number of nitrogens with zero attached hydrogens (tertiary/aromatic N) is 3. The maximum atomic E-state index is 11.1. The molecule has 0 aliphatic heterocycles. The van der Waals surface area contributed by atoms with Crippen LogP contribution in [0, 0.1) is 10.1 Å². The number of nitrogens with one attached hydrogen (secondary N) is 1. The molecule has 1 amide bonds. The molecule has 0 saturated heterocycles. The highest BCUT2D eigenvalue weighted by Gasteiger charge is 2.17. The summed E-state index contributed by atoms with van der Waals surface area (Å²) in [6.45, 7) is 2.87. The zero-order valence-corrected chi connectivity index (χ0v) is 13.9. The molecule has 0 bridgehead atoms. The van der Waals surface area contributed by atoms with Gasteiger partial charge < -0.3 is 11.1 Å². The molecule has 1 heterocycles. The predicted molar refractivity (Wildman–Crippen MR) is 89.9 cm³/mol. The lowest BCUT2D eigenvalue weighted by atomic mass is 10.1. The van der Waals surface area contributed by atoms with E-state index in [1.807, 2.05) is 0 Å². The van der Waals surface area contributed by atoms with Crippen LogP contribution in [0.2, 0.25) is 0 Å². The van der Waals surface area contributed by atoms with Gasteiger partial charge in [-0.15, -0.1) is 10.2 Å². The molecule has 10 heteroatoms. The summed E-state index contributed by atoms with van der Waals surface area (Å²) >= 11 is 2.76. The molecule has 0 saturated carbocycles. The van der Waals surface area contributed by atoms with E-state index in [0.29, 0.717) is 11.3 Å². The number of nitro benzene ring substituents is 1. The third-order valence-corrected chi connectivity index (χ3v) is 4.91. The van der Waals surface area contributed by atoms with Gasteiger partial charge in [-0.3, -0.25) is 14.9 Å². The van der Waals surface area contributed by atoms with Crippen LogP contribution in [0.15, 0.2) is 22.5 Å². The van der Waals surface area contributed by atoms with E-state index in [1.54, 1.807) is 6.07 Å². The number of primary amides is 1. The third-order valence-electron chi connectivity index (χ3n) is 2.85. The molecule has 0 fully saturated rings. The Balaban J connectivity index is 2.09. The number of nitro groups is 1. The minimum atomic E-state index is -0.692. The van der Waals surface area contributed by atoms with Crippen LogP contribution >= 0.6 is 23.1 Å². The Bertz CT molecular complexity index is 719. The first-order chi connectivity index (χ1) is 11.0. The van der Waals surface area contributed by atoms with Crippen LogP contribution < -0.4 is 11.1 Å². The first-order valence-corrected chi connectivity index (χ1v) is 8.58. The van der Waals surface area contributed by atoms with Crippen LogP contribution in [0.4, 0.5) is 10.8 Å². The molecule has 0 radical (unpaired) electrons. The number of hydrogen-bond acceptors (Lipinski definition) is 8. The second-order valence-corrected chi connectivity index (χ2v) is 6.75. The Kier molecular flexibility index (Phi) is 5.88. The number of hydrogen-bond donors (Lipinski definition) is 2. The molecule has 23 heavy (non-hydrogen) atoms. The second kappa shape index (κ2) is 7.88. The number of nitrogens with two attached hydrogens (primary N) is 1. The Labute approximate surface area is 140 Å². The molecule has 0 aliphatic rings. The number of aromatic nitrogens is 2. The standard InChI is InChI=1S/C13H15N5O3S2/c1-2-5-15-12-16-17-13(23-12)22-7-9-4-3-8(11(14)19)6-10(9)18(20)21/h3-4,6H,2,5,7H2,1H3,(H2,14,19)(H,15,16). The first kappa shape index (κ1) is 17.2. The van der Waals surface area contributed by atoms with Crippen molar-refractivity contribution in [1.29, 1.82) is 0 Å². The topological polar surface area (TPSA) is 124 Å². The molecule has 0 unspecified atom stereocenters. The quantitative estimate of drug-likeness (QED) is 0.424. The van der Waals surface area contributed by atoms with Crippen molar-refractivity contribution in [1.82, 2.24) is 10.2 Å². The Morgan fingerprint density at radius 3 is 2.91 bits per heavy atom. The molecular weight excluding hydrogens is 338 g/mol. The summed E-state index contributed by atoms with van der Waals surface area (Å²) in [5.74, 6) is -0.333. The lowest BCUT2D eigenvalue weighted by Gasteiger charge is -2.03. The average molecular weight is 353 g/mol. The van der Waals surface area contributed by atoms with Gasteiger partial charge in [-0.25, -0.2) is 0 Å². The fourth-order valence-electron chi connectivity index (χ4n) is 1.72. The van der Waals surface area contributed by atoms with Crippen molar-refractivity contribution < 1.29 is 9.72 Å². The van der Waals surface area contributed by atoms with Crippen LogP contribution in [0.3, 0.4) is 0 Å². The summed E-state index contributed by atoms with van der Waals surface area (Å²) in [4.78, 5) is 21.7. The SMILES string of the molecule is CCCNc1nnc(SCc2ccc(C(N)=O)cc2[N+](=O)[O-])s1. The van der Waals surface area contributed by atoms with E-state index in [1.165, 1.54) is 35.2 Å². The molecule has 122 valence electrons. The van der Waals surface area contributed by atoms with Crippen molar-refractivity contribution in [2.45, 2.75) is 23.4 Å². The van der Waals surface area contributed by atoms with Gasteiger partial charge in [0.15, 0.2) is 4.34 Å². The minimum absolute atomic E-state index is 0.118. The van der Waals surface area contributed by atoms with E-state index in [0.717, 1.165) is 22.4 Å². The number of amides is 1. The van der Waals surface area contributed by atoms with Gasteiger partial charge >= 0.3 is 0 Å². The molecule has 3 N–H and O–H groups in total. The number of rotatable bonds is 8. The van der Waals surface area contributed by atoms with Gasteiger partial charge in [0.25, 0.3) is 5.69 Å². The van der Waals surface area contributed by atoms with Crippen molar-refractivity contribution in [3.63, 3.8) is 0 Å². The van der Waals surface area contributed by atoms with E-state index in [-0.39, 0.29) is 11.3 Å². The van der Waals surface area contributed by atoms with E-state index >= 15 is 0 Å². The maximum absolute atomic E-state index is 11.1. The summed E-state index contributed by atoms with van der Waals surface area (Å²) in [6, 6.07) is 4.23. The maximum Gasteiger partial charge on any atom is 0.274 e. The Morgan fingerprint density at radius 1 is 1.48 bits per heavy atom. The summed E-state index contributed by atoms with van der Waals surface area (Å²) in [7, 11) is 0. The first-order valence-electron chi connectivity index (χ1n) is 6.78. The lowest BCUT2D eigenvalue weighted by Crippen LogP contribution is -2.11. The third kappa shape index (κ3) is 4.63. The van der Waals surface area contributed by atoms with E-state index < -0.39 is 10.8 Å². The van der Waals surface area contributed by atoms with Gasteiger partial charge in [0, 0.05) is 29.5 Å². The number of thioether (sulfide) groups is 1. The summed E-state index contributed by atoms with van der Waals surface area (Å²) in [6.07, 6.45) is 0.987. The fraction of sp³-hybridized carbons (Fsp3) is 0.308. The van der Waals surface area contributed by atoms with Crippen LogP contribution in [-0.4, -0.2) is 27.6 Å². The molecule has 1 aromatic carbocycles. The van der Waals surface area contributed by atoms with Crippen molar-refractivity contribution >= 4 is 39.8 Å². The smallest absolute Gasteiger partial charge is 0.274 e. The van der Waals surface area contributed by atoms with Gasteiger partial charge in [-0.05, 0) is 12.5 Å². The summed E-state index contributed by atoms with van der Waals surface area (Å²) in [5.41, 5.74) is 5.65. The molecule has 0 atom stereocenters. The van der Waals surface area contributed by atoms with Gasteiger partial charge in [-0.1, -0.05) is 36.1 Å². The van der Waals surface area contributed by atoms with Gasteiger partial charge in [0.05, 0.1) is 4.92 Å². The van der Waals surface area contributed by atoms with Crippen molar-refractivity contribution in [3.05, 3.63) is 39.4 Å². The number of benzene rings is 1. The minimum Gasteiger partial charge on any atom is -0.366 e. The lowest BCUT2D eigenvalue weighted by molar-refractivity contribution is -0.385. The van der Waals surface area contributed by atoms with E-state index in [9.17, 15) is 14.9 Å². The van der Waals surface area contributed by atoms with Crippen LogP contribution in [0.1, 0.15) is 29.3 Å². The van der Waals surface area contributed by atoms with Crippen LogP contribution in [-0.2, 0) is 5.75 Å².